The molecule has 8 heteroatoms. The van der Waals surface area contributed by atoms with Crippen LogP contribution >= 0.6 is 0 Å². The Labute approximate surface area is 174 Å². The number of hydrogen-bond acceptors (Lipinski definition) is 5. The second-order valence-corrected chi connectivity index (χ2v) is 7.49. The smallest absolute Gasteiger partial charge is 0.251 e. The minimum absolute atomic E-state index is 0.0433. The molecule has 3 aromatic heterocycles. The predicted octanol–water partition coefficient (Wildman–Crippen LogP) is 2.67. The minimum Gasteiger partial charge on any atom is -0.355 e. The minimum atomic E-state index is -0.0433. The Morgan fingerprint density at radius 1 is 1.07 bits per heavy atom. The summed E-state index contributed by atoms with van der Waals surface area (Å²) < 4.78 is 1.71. The van der Waals surface area contributed by atoms with Gasteiger partial charge in [-0.3, -0.25) is 4.79 Å². The summed E-state index contributed by atoms with van der Waals surface area (Å²) in [6.45, 7) is 8.23. The molecule has 154 valence electrons. The number of aromatic amines is 1. The molecule has 0 spiro atoms. The van der Waals surface area contributed by atoms with Crippen molar-refractivity contribution in [2.75, 3.05) is 6.54 Å². The first-order valence-electron chi connectivity index (χ1n) is 9.99. The zero-order valence-corrected chi connectivity index (χ0v) is 17.7. The number of H-pyrrole nitrogens is 1. The number of carbonyl (C=O) groups is 1. The van der Waals surface area contributed by atoms with Gasteiger partial charge in [-0.25, -0.2) is 19.6 Å². The van der Waals surface area contributed by atoms with Gasteiger partial charge in [-0.15, -0.1) is 0 Å². The van der Waals surface area contributed by atoms with E-state index in [2.05, 4.69) is 30.4 Å². The monoisotopic (exact) mass is 403 g/mol. The standard InChI is InChI=1S/C22H25N7O/c1-13-11-14(2)25-22(24-13)29-16(4)17(15(3)28-29)12-21(30)23-10-9-20-26-18-7-5-6-8-19(18)27-20/h5-8,11H,9-10,12H2,1-4H3,(H,23,30)(H,26,27). The number of fused-ring (bicyclic) bond motifs is 1. The summed E-state index contributed by atoms with van der Waals surface area (Å²) in [6, 6.07) is 9.82. The van der Waals surface area contributed by atoms with Gasteiger partial charge in [-0.05, 0) is 45.9 Å². The zero-order valence-electron chi connectivity index (χ0n) is 17.7. The molecule has 2 N–H and O–H groups in total. The van der Waals surface area contributed by atoms with Crippen molar-refractivity contribution in [3.05, 3.63) is 64.5 Å². The fraction of sp³-hybridized carbons (Fsp3) is 0.318. The van der Waals surface area contributed by atoms with Gasteiger partial charge in [0.15, 0.2) is 0 Å². The molecule has 1 amide bonds. The second kappa shape index (κ2) is 8.06. The van der Waals surface area contributed by atoms with E-state index in [0.717, 1.165) is 45.2 Å². The largest absolute Gasteiger partial charge is 0.355 e. The average molecular weight is 403 g/mol. The SMILES string of the molecule is Cc1cc(C)nc(-n2nc(C)c(CC(=O)NCCc3nc4ccccc4[nH]3)c2C)n1. The van der Waals surface area contributed by atoms with Crippen LogP contribution in [0.2, 0.25) is 0 Å². The van der Waals surface area contributed by atoms with Crippen LogP contribution in [0.1, 0.15) is 34.2 Å². The van der Waals surface area contributed by atoms with Crippen LogP contribution < -0.4 is 5.32 Å². The lowest BCUT2D eigenvalue weighted by molar-refractivity contribution is -0.120. The van der Waals surface area contributed by atoms with Crippen molar-refractivity contribution in [1.82, 2.24) is 35.0 Å². The van der Waals surface area contributed by atoms with Crippen LogP contribution in [-0.4, -0.2) is 42.2 Å². The van der Waals surface area contributed by atoms with E-state index in [4.69, 9.17) is 0 Å². The Balaban J connectivity index is 1.41. The Hall–Kier alpha value is -3.55. The summed E-state index contributed by atoms with van der Waals surface area (Å²) >= 11 is 0. The molecular formula is C22H25N7O. The number of carbonyl (C=O) groups excluding carboxylic acids is 1. The molecule has 0 saturated heterocycles. The molecule has 0 atom stereocenters. The number of aryl methyl sites for hydroxylation is 3. The molecule has 4 aromatic rings. The molecule has 30 heavy (non-hydrogen) atoms. The number of benzene rings is 1. The van der Waals surface area contributed by atoms with Crippen molar-refractivity contribution >= 4 is 16.9 Å². The van der Waals surface area contributed by atoms with Gasteiger partial charge in [0.25, 0.3) is 5.95 Å². The van der Waals surface area contributed by atoms with Crippen LogP contribution in [0, 0.1) is 27.7 Å². The van der Waals surface area contributed by atoms with Crippen LogP contribution in [0.25, 0.3) is 17.0 Å². The van der Waals surface area contributed by atoms with Gasteiger partial charge in [0.1, 0.15) is 5.82 Å². The molecule has 0 aliphatic heterocycles. The number of para-hydroxylation sites is 2. The number of amides is 1. The average Bonchev–Trinajstić information content (AvgIpc) is 3.23. The molecular weight excluding hydrogens is 378 g/mol. The normalized spacial score (nSPS) is 11.2. The summed E-state index contributed by atoms with van der Waals surface area (Å²) in [5.41, 5.74) is 6.30. The molecule has 0 bridgehead atoms. The molecule has 3 heterocycles. The molecule has 0 aliphatic rings. The highest BCUT2D eigenvalue weighted by Gasteiger charge is 2.17. The van der Waals surface area contributed by atoms with E-state index in [0.29, 0.717) is 18.9 Å². The van der Waals surface area contributed by atoms with Crippen LogP contribution in [0.15, 0.2) is 30.3 Å². The summed E-state index contributed by atoms with van der Waals surface area (Å²) in [5.74, 6) is 1.35. The number of imidazole rings is 1. The fourth-order valence-corrected chi connectivity index (χ4v) is 3.60. The molecule has 0 unspecified atom stereocenters. The van der Waals surface area contributed by atoms with Gasteiger partial charge >= 0.3 is 0 Å². The van der Waals surface area contributed by atoms with Crippen LogP contribution in [0.5, 0.6) is 0 Å². The first kappa shape index (κ1) is 19.8. The second-order valence-electron chi connectivity index (χ2n) is 7.49. The van der Waals surface area contributed by atoms with Crippen molar-refractivity contribution in [2.24, 2.45) is 0 Å². The van der Waals surface area contributed by atoms with Gasteiger partial charge < -0.3 is 10.3 Å². The number of nitrogens with zero attached hydrogens (tertiary/aromatic N) is 5. The van der Waals surface area contributed by atoms with Crippen molar-refractivity contribution in [3.63, 3.8) is 0 Å². The summed E-state index contributed by atoms with van der Waals surface area (Å²) in [7, 11) is 0. The maximum Gasteiger partial charge on any atom is 0.251 e. The molecule has 4 rings (SSSR count). The lowest BCUT2D eigenvalue weighted by Crippen LogP contribution is -2.27. The van der Waals surface area contributed by atoms with E-state index >= 15 is 0 Å². The highest BCUT2D eigenvalue weighted by molar-refractivity contribution is 5.79. The van der Waals surface area contributed by atoms with Gasteiger partial charge in [-0.2, -0.15) is 5.10 Å². The van der Waals surface area contributed by atoms with Gasteiger partial charge in [-0.1, -0.05) is 12.1 Å². The maximum absolute atomic E-state index is 12.5. The Morgan fingerprint density at radius 3 is 2.53 bits per heavy atom. The first-order chi connectivity index (χ1) is 14.4. The highest BCUT2D eigenvalue weighted by atomic mass is 16.1. The lowest BCUT2D eigenvalue weighted by atomic mass is 10.1. The lowest BCUT2D eigenvalue weighted by Gasteiger charge is -2.07. The number of rotatable bonds is 6. The quantitative estimate of drug-likeness (QED) is 0.515. The third-order valence-corrected chi connectivity index (χ3v) is 5.06. The molecule has 8 nitrogen and oxygen atoms in total. The molecule has 0 saturated carbocycles. The van der Waals surface area contributed by atoms with Crippen molar-refractivity contribution < 1.29 is 4.79 Å². The van der Waals surface area contributed by atoms with E-state index in [1.165, 1.54) is 0 Å². The first-order valence-corrected chi connectivity index (χ1v) is 9.99. The maximum atomic E-state index is 12.5. The third-order valence-electron chi connectivity index (χ3n) is 5.06. The molecule has 1 aromatic carbocycles. The predicted molar refractivity (Wildman–Crippen MR) is 115 cm³/mol. The van der Waals surface area contributed by atoms with Crippen molar-refractivity contribution in [1.29, 1.82) is 0 Å². The van der Waals surface area contributed by atoms with E-state index in [9.17, 15) is 4.79 Å². The van der Waals surface area contributed by atoms with E-state index in [1.54, 1.807) is 4.68 Å². The van der Waals surface area contributed by atoms with Crippen molar-refractivity contribution in [3.8, 4) is 5.95 Å². The van der Waals surface area contributed by atoms with E-state index in [-0.39, 0.29) is 12.3 Å². The Kier molecular flexibility index (Phi) is 5.31. The number of nitrogens with one attached hydrogen (secondary N) is 2. The summed E-state index contributed by atoms with van der Waals surface area (Å²) in [6.07, 6.45) is 0.913. The molecule has 0 fully saturated rings. The van der Waals surface area contributed by atoms with Gasteiger partial charge in [0.05, 0.1) is 23.1 Å². The summed E-state index contributed by atoms with van der Waals surface area (Å²) in [5, 5.41) is 7.54. The van der Waals surface area contributed by atoms with Gasteiger partial charge in [0, 0.05) is 35.6 Å². The molecule has 0 aliphatic carbocycles. The highest BCUT2D eigenvalue weighted by Crippen LogP contribution is 2.17. The zero-order chi connectivity index (χ0) is 21.3. The number of aromatic nitrogens is 6. The topological polar surface area (TPSA) is 101 Å². The van der Waals surface area contributed by atoms with E-state index < -0.39 is 0 Å². The van der Waals surface area contributed by atoms with Crippen LogP contribution in [0.3, 0.4) is 0 Å². The third kappa shape index (κ3) is 4.07. The van der Waals surface area contributed by atoms with Gasteiger partial charge in [0.2, 0.25) is 5.91 Å². The Bertz CT molecular complexity index is 1170. The summed E-state index contributed by atoms with van der Waals surface area (Å²) in [4.78, 5) is 29.3. The number of hydrogen-bond donors (Lipinski definition) is 2. The Morgan fingerprint density at radius 2 is 1.80 bits per heavy atom. The van der Waals surface area contributed by atoms with Crippen molar-refractivity contribution in [2.45, 2.75) is 40.5 Å². The van der Waals surface area contributed by atoms with Crippen LogP contribution in [-0.2, 0) is 17.6 Å². The molecule has 0 radical (unpaired) electrons. The van der Waals surface area contributed by atoms with E-state index in [1.807, 2.05) is 58.0 Å². The fourth-order valence-electron chi connectivity index (χ4n) is 3.60. The van der Waals surface area contributed by atoms with Crippen LogP contribution in [0.4, 0.5) is 0 Å².